The highest BCUT2D eigenvalue weighted by molar-refractivity contribution is 8.00. The summed E-state index contributed by atoms with van der Waals surface area (Å²) >= 11 is -0.449. The number of hydrogen-bond acceptors (Lipinski definition) is 5. The second kappa shape index (κ2) is 7.60. The van der Waals surface area contributed by atoms with E-state index in [1.54, 1.807) is 0 Å². The van der Waals surface area contributed by atoms with E-state index in [1.807, 2.05) is 0 Å². The molecule has 1 unspecified atom stereocenters. The third-order valence-corrected chi connectivity index (χ3v) is 5.42. The van der Waals surface area contributed by atoms with E-state index in [2.05, 4.69) is 4.98 Å². The Morgan fingerprint density at radius 3 is 2.25 bits per heavy atom. The fourth-order valence-electron chi connectivity index (χ4n) is 1.62. The Labute approximate surface area is 137 Å². The predicted molar refractivity (Wildman–Crippen MR) is 74.4 cm³/mol. The molecule has 0 aromatic carbocycles. The predicted octanol–water partition coefficient (Wildman–Crippen LogP) is 3.55. The van der Waals surface area contributed by atoms with Gasteiger partial charge in [-0.05, 0) is 18.1 Å². The van der Waals surface area contributed by atoms with Gasteiger partial charge in [-0.15, -0.1) is 0 Å². The van der Waals surface area contributed by atoms with Crippen LogP contribution >= 0.6 is 11.8 Å². The summed E-state index contributed by atoms with van der Waals surface area (Å²) in [6.07, 6.45) is -4.52. The number of hydrogen-bond donors (Lipinski definition) is 0. The van der Waals surface area contributed by atoms with Gasteiger partial charge in [-0.25, -0.2) is 8.42 Å². The summed E-state index contributed by atoms with van der Waals surface area (Å²) in [7, 11) is -4.15. The summed E-state index contributed by atoms with van der Waals surface area (Å²) in [5.41, 5.74) is -5.84. The zero-order valence-electron chi connectivity index (χ0n) is 11.7. The van der Waals surface area contributed by atoms with E-state index in [0.29, 0.717) is 12.3 Å². The third-order valence-electron chi connectivity index (χ3n) is 2.71. The Hall–Kier alpha value is -1.48. The first-order chi connectivity index (χ1) is 10.8. The number of nitrogens with zero attached hydrogens (tertiary/aromatic N) is 2. The molecule has 0 aliphatic rings. The summed E-state index contributed by atoms with van der Waals surface area (Å²) in [5.74, 6) is -1.40. The maximum atomic E-state index is 12.4. The van der Waals surface area contributed by atoms with Crippen LogP contribution in [0.3, 0.4) is 0 Å². The number of sulfone groups is 1. The molecule has 0 radical (unpaired) electrons. The van der Waals surface area contributed by atoms with E-state index in [1.165, 1.54) is 6.07 Å². The minimum absolute atomic E-state index is 0.0910. The number of pyridine rings is 1. The number of halogens is 6. The first-order valence-electron chi connectivity index (χ1n) is 6.19. The molecule has 1 aromatic heterocycles. The fraction of sp³-hybridized carbons (Fsp3) is 0.500. The van der Waals surface area contributed by atoms with Crippen LogP contribution in [0.25, 0.3) is 0 Å². The number of rotatable bonds is 6. The van der Waals surface area contributed by atoms with E-state index in [-0.39, 0.29) is 5.56 Å². The molecule has 4 nitrogen and oxygen atoms in total. The Morgan fingerprint density at radius 1 is 1.21 bits per heavy atom. The molecule has 1 rings (SSSR count). The SMILES string of the molecule is N#CC(CCSC(F)(F)F)S(=O)(=O)Cc1ccc(C(F)(F)F)nc1. The number of thioether (sulfide) groups is 1. The highest BCUT2D eigenvalue weighted by Gasteiger charge is 2.33. The van der Waals surface area contributed by atoms with Crippen molar-refractivity contribution in [1.29, 1.82) is 5.26 Å². The molecule has 0 saturated carbocycles. The number of alkyl halides is 6. The molecule has 0 saturated heterocycles. The highest BCUT2D eigenvalue weighted by Crippen LogP contribution is 2.31. The summed E-state index contributed by atoms with van der Waals surface area (Å²) in [6.45, 7) is 0. The zero-order valence-corrected chi connectivity index (χ0v) is 13.4. The smallest absolute Gasteiger partial charge is 0.251 e. The van der Waals surface area contributed by atoms with E-state index >= 15 is 0 Å². The minimum atomic E-state index is -4.68. The molecular weight excluding hydrogens is 382 g/mol. The van der Waals surface area contributed by atoms with Gasteiger partial charge in [-0.1, -0.05) is 17.8 Å². The lowest BCUT2D eigenvalue weighted by Crippen LogP contribution is -2.23. The fourth-order valence-corrected chi connectivity index (χ4v) is 3.82. The minimum Gasteiger partial charge on any atom is -0.251 e. The van der Waals surface area contributed by atoms with Gasteiger partial charge in [0.1, 0.15) is 10.9 Å². The third kappa shape index (κ3) is 6.56. The van der Waals surface area contributed by atoms with Gasteiger partial charge >= 0.3 is 11.7 Å². The van der Waals surface area contributed by atoms with Crippen LogP contribution in [0.4, 0.5) is 26.3 Å². The monoisotopic (exact) mass is 392 g/mol. The molecule has 0 amide bonds. The van der Waals surface area contributed by atoms with E-state index in [9.17, 15) is 34.8 Å². The van der Waals surface area contributed by atoms with Crippen LogP contribution in [0, 0.1) is 11.3 Å². The van der Waals surface area contributed by atoms with Gasteiger partial charge < -0.3 is 0 Å². The highest BCUT2D eigenvalue weighted by atomic mass is 32.2. The van der Waals surface area contributed by atoms with Gasteiger partial charge in [0.2, 0.25) is 0 Å². The van der Waals surface area contributed by atoms with Gasteiger partial charge in [0, 0.05) is 11.9 Å². The van der Waals surface area contributed by atoms with Crippen molar-refractivity contribution in [3.63, 3.8) is 0 Å². The van der Waals surface area contributed by atoms with Crippen LogP contribution in [-0.2, 0) is 21.8 Å². The number of aromatic nitrogens is 1. The van der Waals surface area contributed by atoms with Gasteiger partial charge in [0.15, 0.2) is 9.84 Å². The molecule has 1 aromatic rings. The first-order valence-corrected chi connectivity index (χ1v) is 8.89. The van der Waals surface area contributed by atoms with Crippen LogP contribution in [0.15, 0.2) is 18.3 Å². The molecule has 0 bridgehead atoms. The van der Waals surface area contributed by atoms with Crippen LogP contribution in [0.1, 0.15) is 17.7 Å². The lowest BCUT2D eigenvalue weighted by molar-refractivity contribution is -0.141. The zero-order chi connectivity index (χ0) is 18.6. The Balaban J connectivity index is 2.78. The largest absolute Gasteiger partial charge is 0.441 e. The lowest BCUT2D eigenvalue weighted by atomic mass is 10.3. The van der Waals surface area contributed by atoms with E-state index in [4.69, 9.17) is 5.26 Å². The Morgan fingerprint density at radius 2 is 1.83 bits per heavy atom. The molecule has 0 aliphatic heterocycles. The average molecular weight is 392 g/mol. The molecule has 12 heteroatoms. The molecule has 24 heavy (non-hydrogen) atoms. The molecule has 134 valence electrons. The van der Waals surface area contributed by atoms with Crippen molar-refractivity contribution in [1.82, 2.24) is 4.98 Å². The van der Waals surface area contributed by atoms with Crippen molar-refractivity contribution in [3.05, 3.63) is 29.6 Å². The van der Waals surface area contributed by atoms with Gasteiger partial charge in [-0.3, -0.25) is 4.98 Å². The second-order valence-electron chi connectivity index (χ2n) is 4.56. The first kappa shape index (κ1) is 20.6. The van der Waals surface area contributed by atoms with Crippen molar-refractivity contribution in [3.8, 4) is 6.07 Å². The Kier molecular flexibility index (Phi) is 6.52. The van der Waals surface area contributed by atoms with Crippen molar-refractivity contribution in [2.75, 3.05) is 5.75 Å². The maximum absolute atomic E-state index is 12.4. The van der Waals surface area contributed by atoms with Crippen molar-refractivity contribution in [2.45, 2.75) is 29.1 Å². The molecule has 0 fully saturated rings. The van der Waals surface area contributed by atoms with Gasteiger partial charge in [-0.2, -0.15) is 31.6 Å². The molecule has 0 spiro atoms. The standard InChI is InChI=1S/C12H10F6N2O2S2/c13-11(14,15)10-2-1-8(6-20-10)7-24(21,22)9(5-19)3-4-23-12(16,17)18/h1-2,6,9H,3-4,7H2. The maximum Gasteiger partial charge on any atom is 0.441 e. The van der Waals surface area contributed by atoms with Crippen molar-refractivity contribution in [2.24, 2.45) is 0 Å². The quantitative estimate of drug-likeness (QED) is 0.693. The average Bonchev–Trinajstić information content (AvgIpc) is 2.41. The van der Waals surface area contributed by atoms with Crippen LogP contribution < -0.4 is 0 Å². The van der Waals surface area contributed by atoms with E-state index in [0.717, 1.165) is 6.07 Å². The Bertz CT molecular complexity index is 692. The van der Waals surface area contributed by atoms with E-state index < -0.39 is 62.2 Å². The second-order valence-corrected chi connectivity index (χ2v) is 7.90. The summed E-state index contributed by atoms with van der Waals surface area (Å²) < 4.78 is 97.1. The summed E-state index contributed by atoms with van der Waals surface area (Å²) in [4.78, 5) is 3.09. The normalized spacial score (nSPS) is 14.2. The summed E-state index contributed by atoms with van der Waals surface area (Å²) in [6, 6.07) is 2.90. The topological polar surface area (TPSA) is 70.8 Å². The van der Waals surface area contributed by atoms with Crippen LogP contribution in [0.5, 0.6) is 0 Å². The summed E-state index contributed by atoms with van der Waals surface area (Å²) in [5, 5.41) is 7.15. The van der Waals surface area contributed by atoms with Crippen LogP contribution in [-0.4, -0.2) is 29.9 Å². The van der Waals surface area contributed by atoms with Gasteiger partial charge in [0.25, 0.3) is 0 Å². The van der Waals surface area contributed by atoms with Crippen molar-refractivity contribution < 1.29 is 34.8 Å². The van der Waals surface area contributed by atoms with Crippen molar-refractivity contribution >= 4 is 21.6 Å². The number of nitriles is 1. The molecule has 0 N–H and O–H groups in total. The van der Waals surface area contributed by atoms with Crippen LogP contribution in [0.2, 0.25) is 0 Å². The molecule has 1 atom stereocenters. The molecule has 0 aliphatic carbocycles. The molecule has 1 heterocycles. The van der Waals surface area contributed by atoms with Gasteiger partial charge in [0.05, 0.1) is 11.8 Å². The lowest BCUT2D eigenvalue weighted by Gasteiger charge is -2.12. The molecular formula is C12H10F6N2O2S2.